The molecule has 0 aliphatic rings. The van der Waals surface area contributed by atoms with E-state index in [2.05, 4.69) is 11.4 Å². The number of aryl methyl sites for hydroxylation is 2. The van der Waals surface area contributed by atoms with Crippen molar-refractivity contribution in [3.63, 3.8) is 0 Å². The second kappa shape index (κ2) is 11.5. The van der Waals surface area contributed by atoms with Gasteiger partial charge in [-0.2, -0.15) is 0 Å². The fraction of sp³-hybridized carbons (Fsp3) is 0.462. The van der Waals surface area contributed by atoms with E-state index in [0.717, 1.165) is 34.4 Å². The third kappa shape index (κ3) is 7.12. The molecule has 0 aliphatic heterocycles. The highest BCUT2D eigenvalue weighted by Gasteiger charge is 2.29. The maximum atomic E-state index is 13.5. The smallest absolute Gasteiger partial charge is 0.243 e. The van der Waals surface area contributed by atoms with Crippen molar-refractivity contribution in [1.82, 2.24) is 10.2 Å². The molecule has 2 rings (SSSR count). The molecule has 168 valence electrons. The molecule has 2 aromatic carbocycles. The van der Waals surface area contributed by atoms with E-state index in [0.29, 0.717) is 13.0 Å². The highest BCUT2D eigenvalue weighted by Crippen LogP contribution is 2.19. The van der Waals surface area contributed by atoms with Gasteiger partial charge in [-0.15, -0.1) is 0 Å². The lowest BCUT2D eigenvalue weighted by Gasteiger charge is -2.31. The van der Waals surface area contributed by atoms with Crippen LogP contribution < -0.4 is 10.1 Å². The molecule has 0 aliphatic carbocycles. The second-order valence-corrected chi connectivity index (χ2v) is 8.29. The van der Waals surface area contributed by atoms with Crippen molar-refractivity contribution in [2.75, 3.05) is 7.11 Å². The molecule has 5 heteroatoms. The van der Waals surface area contributed by atoms with Gasteiger partial charge in [-0.05, 0) is 56.9 Å². The molecule has 0 aromatic heterocycles. The SMILES string of the molecule is CCC(C)NC(=O)C(CC)N(Cc1cccc(OC)c1)C(=O)Cc1cc(C)cc(C)c1. The molecule has 0 spiro atoms. The summed E-state index contributed by atoms with van der Waals surface area (Å²) in [6.45, 7) is 10.4. The standard InChI is InChI=1S/C26H36N2O3/c1-7-20(5)27-26(30)24(8-2)28(17-21-10-9-11-23(15-21)31-6)25(29)16-22-13-18(3)12-19(4)14-22/h9-15,20,24H,7-8,16-17H2,1-6H3,(H,27,30). The zero-order chi connectivity index (χ0) is 23.0. The number of amides is 2. The topological polar surface area (TPSA) is 58.6 Å². The predicted molar refractivity (Wildman–Crippen MR) is 125 cm³/mol. The summed E-state index contributed by atoms with van der Waals surface area (Å²) in [7, 11) is 1.62. The van der Waals surface area contributed by atoms with Crippen molar-refractivity contribution in [1.29, 1.82) is 0 Å². The van der Waals surface area contributed by atoms with Crippen LogP contribution in [0, 0.1) is 13.8 Å². The van der Waals surface area contributed by atoms with E-state index in [1.54, 1.807) is 12.0 Å². The zero-order valence-electron chi connectivity index (χ0n) is 19.7. The molecule has 2 atom stereocenters. The molecule has 0 fully saturated rings. The van der Waals surface area contributed by atoms with Crippen molar-refractivity contribution in [2.45, 2.75) is 72.5 Å². The third-order valence-corrected chi connectivity index (χ3v) is 5.51. The van der Waals surface area contributed by atoms with Gasteiger partial charge in [0.2, 0.25) is 11.8 Å². The van der Waals surface area contributed by atoms with E-state index in [9.17, 15) is 9.59 Å². The van der Waals surface area contributed by atoms with E-state index in [1.807, 2.05) is 71.0 Å². The van der Waals surface area contributed by atoms with E-state index >= 15 is 0 Å². The Morgan fingerprint density at radius 1 is 1.00 bits per heavy atom. The van der Waals surface area contributed by atoms with Crippen molar-refractivity contribution < 1.29 is 14.3 Å². The summed E-state index contributed by atoms with van der Waals surface area (Å²) in [5.74, 6) is 0.573. The molecule has 2 amide bonds. The van der Waals surface area contributed by atoms with Gasteiger partial charge in [0.1, 0.15) is 11.8 Å². The number of carbonyl (C=O) groups is 2. The van der Waals surface area contributed by atoms with Gasteiger partial charge in [-0.1, -0.05) is 55.3 Å². The maximum Gasteiger partial charge on any atom is 0.243 e. The number of ether oxygens (including phenoxy) is 1. The molecule has 2 unspecified atom stereocenters. The van der Waals surface area contributed by atoms with Crippen LogP contribution in [0.3, 0.4) is 0 Å². The summed E-state index contributed by atoms with van der Waals surface area (Å²) in [6, 6.07) is 13.3. The number of hydrogen-bond acceptors (Lipinski definition) is 3. The van der Waals surface area contributed by atoms with Crippen LogP contribution in [0.2, 0.25) is 0 Å². The van der Waals surface area contributed by atoms with Gasteiger partial charge in [-0.3, -0.25) is 9.59 Å². The van der Waals surface area contributed by atoms with Gasteiger partial charge < -0.3 is 15.0 Å². The Kier molecular flexibility index (Phi) is 9.10. The molecule has 0 saturated heterocycles. The number of carbonyl (C=O) groups excluding carboxylic acids is 2. The van der Waals surface area contributed by atoms with Crippen LogP contribution in [0.5, 0.6) is 5.75 Å². The van der Waals surface area contributed by atoms with Crippen molar-refractivity contribution in [3.05, 3.63) is 64.7 Å². The van der Waals surface area contributed by atoms with Crippen molar-refractivity contribution >= 4 is 11.8 Å². The summed E-state index contributed by atoms with van der Waals surface area (Å²) < 4.78 is 5.34. The molecular weight excluding hydrogens is 388 g/mol. The van der Waals surface area contributed by atoms with Gasteiger partial charge in [0.25, 0.3) is 0 Å². The van der Waals surface area contributed by atoms with E-state index in [4.69, 9.17) is 4.74 Å². The average molecular weight is 425 g/mol. The lowest BCUT2D eigenvalue weighted by molar-refractivity contribution is -0.141. The van der Waals surface area contributed by atoms with E-state index < -0.39 is 6.04 Å². The fourth-order valence-electron chi connectivity index (χ4n) is 3.78. The Morgan fingerprint density at radius 2 is 1.68 bits per heavy atom. The molecule has 0 bridgehead atoms. The minimum atomic E-state index is -0.529. The molecule has 1 N–H and O–H groups in total. The van der Waals surface area contributed by atoms with Gasteiger partial charge in [0.05, 0.1) is 13.5 Å². The molecule has 5 nitrogen and oxygen atoms in total. The summed E-state index contributed by atoms with van der Waals surface area (Å²) in [4.78, 5) is 28.2. The summed E-state index contributed by atoms with van der Waals surface area (Å²) >= 11 is 0. The number of benzene rings is 2. The van der Waals surface area contributed by atoms with Crippen LogP contribution in [0.1, 0.15) is 55.9 Å². The van der Waals surface area contributed by atoms with Gasteiger partial charge in [0.15, 0.2) is 0 Å². The van der Waals surface area contributed by atoms with Gasteiger partial charge in [-0.25, -0.2) is 0 Å². The van der Waals surface area contributed by atoms with Crippen LogP contribution >= 0.6 is 0 Å². The number of methoxy groups -OCH3 is 1. The molecule has 31 heavy (non-hydrogen) atoms. The van der Waals surface area contributed by atoms with Crippen molar-refractivity contribution in [2.24, 2.45) is 0 Å². The first-order chi connectivity index (χ1) is 14.8. The number of nitrogens with zero attached hydrogens (tertiary/aromatic N) is 1. The van der Waals surface area contributed by atoms with Gasteiger partial charge in [0, 0.05) is 12.6 Å². The molecule has 0 radical (unpaired) electrons. The lowest BCUT2D eigenvalue weighted by Crippen LogP contribution is -2.51. The Labute approximate surface area is 186 Å². The van der Waals surface area contributed by atoms with Crippen LogP contribution in [-0.2, 0) is 22.6 Å². The first-order valence-corrected chi connectivity index (χ1v) is 11.1. The lowest BCUT2D eigenvalue weighted by atomic mass is 10.0. The summed E-state index contributed by atoms with van der Waals surface area (Å²) in [5.41, 5.74) is 4.16. The number of hydrogen-bond donors (Lipinski definition) is 1. The Morgan fingerprint density at radius 3 is 2.26 bits per heavy atom. The van der Waals surface area contributed by atoms with Crippen molar-refractivity contribution in [3.8, 4) is 5.75 Å². The quantitative estimate of drug-likeness (QED) is 0.607. The van der Waals surface area contributed by atoms with Crippen LogP contribution in [-0.4, -0.2) is 35.9 Å². The number of nitrogens with one attached hydrogen (secondary N) is 1. The predicted octanol–water partition coefficient (Wildman–Crippen LogP) is 4.58. The van der Waals surface area contributed by atoms with Crippen LogP contribution in [0.15, 0.2) is 42.5 Å². The Hall–Kier alpha value is -2.82. The first kappa shape index (κ1) is 24.4. The van der Waals surface area contributed by atoms with Crippen LogP contribution in [0.4, 0.5) is 0 Å². The zero-order valence-corrected chi connectivity index (χ0v) is 19.7. The van der Waals surface area contributed by atoms with Gasteiger partial charge >= 0.3 is 0 Å². The second-order valence-electron chi connectivity index (χ2n) is 8.29. The van der Waals surface area contributed by atoms with Crippen LogP contribution in [0.25, 0.3) is 0 Å². The molecule has 0 heterocycles. The normalized spacial score (nSPS) is 12.7. The monoisotopic (exact) mass is 424 g/mol. The number of rotatable bonds is 10. The summed E-state index contributed by atoms with van der Waals surface area (Å²) in [5, 5.41) is 3.05. The minimum absolute atomic E-state index is 0.0565. The Bertz CT molecular complexity index is 874. The molecule has 2 aromatic rings. The highest BCUT2D eigenvalue weighted by molar-refractivity contribution is 5.88. The van der Waals surface area contributed by atoms with E-state index in [1.165, 1.54) is 0 Å². The Balaban J connectivity index is 2.34. The minimum Gasteiger partial charge on any atom is -0.497 e. The average Bonchev–Trinajstić information content (AvgIpc) is 2.72. The third-order valence-electron chi connectivity index (χ3n) is 5.51. The molecule has 0 saturated carbocycles. The maximum absolute atomic E-state index is 13.5. The first-order valence-electron chi connectivity index (χ1n) is 11.1. The fourth-order valence-corrected chi connectivity index (χ4v) is 3.78. The summed E-state index contributed by atoms with van der Waals surface area (Å²) in [6.07, 6.45) is 1.65. The van der Waals surface area contributed by atoms with E-state index in [-0.39, 0.29) is 24.3 Å². The molecular formula is C26H36N2O3. The highest BCUT2D eigenvalue weighted by atomic mass is 16.5. The largest absolute Gasteiger partial charge is 0.497 e.